The van der Waals surface area contributed by atoms with Crippen LogP contribution in [0.25, 0.3) is 0 Å². The molecule has 6 heteroatoms. The van der Waals surface area contributed by atoms with Gasteiger partial charge in [0.2, 0.25) is 0 Å². The zero-order chi connectivity index (χ0) is 20.6. The van der Waals surface area contributed by atoms with Crippen molar-refractivity contribution in [3.8, 4) is 5.75 Å². The zero-order valence-corrected chi connectivity index (χ0v) is 16.7. The van der Waals surface area contributed by atoms with E-state index in [1.54, 1.807) is 6.07 Å². The van der Waals surface area contributed by atoms with E-state index in [0.29, 0.717) is 12.0 Å². The summed E-state index contributed by atoms with van der Waals surface area (Å²) >= 11 is 0. The molecule has 1 aliphatic heterocycles. The fraction of sp³-hybridized carbons (Fsp3) is 0.435. The highest BCUT2D eigenvalue weighted by atomic mass is 16.4. The number of aromatic hydroxyl groups is 1. The first-order chi connectivity index (χ1) is 14.0. The third-order valence-corrected chi connectivity index (χ3v) is 5.58. The Balaban J connectivity index is 1.33. The summed E-state index contributed by atoms with van der Waals surface area (Å²) in [6.07, 6.45) is 2.89. The lowest BCUT2D eigenvalue weighted by Gasteiger charge is -2.36. The largest absolute Gasteiger partial charge is 0.507 e. The highest BCUT2D eigenvalue weighted by Crippen LogP contribution is 2.25. The van der Waals surface area contributed by atoms with Crippen molar-refractivity contribution in [2.45, 2.75) is 31.8 Å². The molecule has 1 aliphatic rings. The number of anilines is 1. The van der Waals surface area contributed by atoms with Gasteiger partial charge in [-0.1, -0.05) is 37.1 Å². The van der Waals surface area contributed by atoms with Crippen molar-refractivity contribution in [1.82, 2.24) is 4.90 Å². The lowest BCUT2D eigenvalue weighted by Crippen LogP contribution is -2.46. The van der Waals surface area contributed by atoms with Crippen LogP contribution in [0.3, 0.4) is 0 Å². The van der Waals surface area contributed by atoms with E-state index in [1.807, 2.05) is 6.07 Å². The minimum absolute atomic E-state index is 0.170. The third-order valence-electron chi connectivity index (χ3n) is 5.58. The normalized spacial score (nSPS) is 16.0. The second-order valence-electron chi connectivity index (χ2n) is 7.61. The number of unbranched alkanes of at least 4 members (excludes halogenated alkanes) is 2. The molecule has 1 heterocycles. The number of hydrogen-bond donors (Lipinski definition) is 3. The summed E-state index contributed by atoms with van der Waals surface area (Å²) in [5, 5.41) is 29.0. The SMILES string of the molecule is O=C(O)c1cc(C(O)CCCCCN2CCN(c3ccccc3)CC2)ccc1O. The first kappa shape index (κ1) is 21.1. The topological polar surface area (TPSA) is 84.2 Å². The first-order valence-corrected chi connectivity index (χ1v) is 10.3. The molecule has 29 heavy (non-hydrogen) atoms. The molecular formula is C23H30N2O4. The first-order valence-electron chi connectivity index (χ1n) is 10.3. The van der Waals surface area contributed by atoms with Crippen molar-refractivity contribution in [3.63, 3.8) is 0 Å². The molecular weight excluding hydrogens is 368 g/mol. The Kier molecular flexibility index (Phi) is 7.49. The Morgan fingerprint density at radius 3 is 2.38 bits per heavy atom. The predicted molar refractivity (Wildman–Crippen MR) is 114 cm³/mol. The molecule has 0 spiro atoms. The van der Waals surface area contributed by atoms with Gasteiger partial charge in [-0.05, 0) is 49.2 Å². The molecule has 0 aromatic heterocycles. The minimum atomic E-state index is -1.19. The van der Waals surface area contributed by atoms with Crippen molar-refractivity contribution in [3.05, 3.63) is 59.7 Å². The van der Waals surface area contributed by atoms with Gasteiger partial charge in [0.25, 0.3) is 0 Å². The fourth-order valence-electron chi connectivity index (χ4n) is 3.82. The molecule has 6 nitrogen and oxygen atoms in total. The van der Waals surface area contributed by atoms with Crippen molar-refractivity contribution in [2.75, 3.05) is 37.6 Å². The van der Waals surface area contributed by atoms with Gasteiger partial charge in [0.15, 0.2) is 0 Å². The molecule has 1 saturated heterocycles. The second-order valence-corrected chi connectivity index (χ2v) is 7.61. The molecule has 1 fully saturated rings. The molecule has 3 rings (SSSR count). The van der Waals surface area contributed by atoms with Gasteiger partial charge >= 0.3 is 5.97 Å². The van der Waals surface area contributed by atoms with E-state index in [4.69, 9.17) is 5.11 Å². The summed E-state index contributed by atoms with van der Waals surface area (Å²) in [5.74, 6) is -1.47. The number of carboxylic acids is 1. The fourth-order valence-corrected chi connectivity index (χ4v) is 3.82. The Morgan fingerprint density at radius 2 is 1.69 bits per heavy atom. The number of aliphatic hydroxyl groups is 1. The number of rotatable bonds is 9. The van der Waals surface area contributed by atoms with Crippen LogP contribution in [-0.4, -0.2) is 58.9 Å². The number of phenols is 1. The highest BCUT2D eigenvalue weighted by molar-refractivity contribution is 5.90. The molecule has 156 valence electrons. The van der Waals surface area contributed by atoms with Crippen molar-refractivity contribution >= 4 is 11.7 Å². The zero-order valence-electron chi connectivity index (χ0n) is 16.7. The second kappa shape index (κ2) is 10.3. The van der Waals surface area contributed by atoms with Gasteiger partial charge in [-0.3, -0.25) is 4.90 Å². The lowest BCUT2D eigenvalue weighted by atomic mass is 10.0. The standard InChI is InChI=1S/C23H30N2O4/c26-21(18-10-11-22(27)20(17-18)23(28)29)9-5-2-6-12-24-13-15-25(16-14-24)19-7-3-1-4-8-19/h1,3-4,7-8,10-11,17,21,26-27H,2,5-6,9,12-16H2,(H,28,29). The Labute approximate surface area is 172 Å². The van der Waals surface area contributed by atoms with Crippen LogP contribution < -0.4 is 4.90 Å². The Bertz CT molecular complexity index is 789. The maximum Gasteiger partial charge on any atom is 0.339 e. The van der Waals surface area contributed by atoms with Gasteiger partial charge in [-0.2, -0.15) is 0 Å². The average molecular weight is 399 g/mol. The van der Waals surface area contributed by atoms with Crippen LogP contribution in [0, 0.1) is 0 Å². The van der Waals surface area contributed by atoms with Crippen LogP contribution in [0.4, 0.5) is 5.69 Å². The highest BCUT2D eigenvalue weighted by Gasteiger charge is 2.17. The van der Waals surface area contributed by atoms with Crippen molar-refractivity contribution in [1.29, 1.82) is 0 Å². The van der Waals surface area contributed by atoms with Crippen LogP contribution in [0.5, 0.6) is 5.75 Å². The molecule has 2 aromatic rings. The Hall–Kier alpha value is -2.57. The molecule has 0 aliphatic carbocycles. The number of hydrogen-bond acceptors (Lipinski definition) is 5. The van der Waals surface area contributed by atoms with Crippen molar-refractivity contribution < 1.29 is 20.1 Å². The number of nitrogens with zero attached hydrogens (tertiary/aromatic N) is 2. The summed E-state index contributed by atoms with van der Waals surface area (Å²) in [5.41, 5.74) is 1.66. The van der Waals surface area contributed by atoms with E-state index in [0.717, 1.165) is 52.0 Å². The van der Waals surface area contributed by atoms with E-state index < -0.39 is 12.1 Å². The number of carboxylic acid groups (broad SMARTS) is 1. The summed E-state index contributed by atoms with van der Waals surface area (Å²) < 4.78 is 0. The molecule has 0 bridgehead atoms. The van der Waals surface area contributed by atoms with Crippen molar-refractivity contribution in [2.24, 2.45) is 0 Å². The van der Waals surface area contributed by atoms with E-state index in [-0.39, 0.29) is 11.3 Å². The van der Waals surface area contributed by atoms with Gasteiger partial charge in [-0.25, -0.2) is 4.79 Å². The minimum Gasteiger partial charge on any atom is -0.507 e. The van der Waals surface area contributed by atoms with Crippen LogP contribution in [0.1, 0.15) is 47.7 Å². The molecule has 0 radical (unpaired) electrons. The molecule has 1 atom stereocenters. The third kappa shape index (κ3) is 5.95. The number of benzene rings is 2. The van der Waals surface area contributed by atoms with Crippen LogP contribution in [-0.2, 0) is 0 Å². The number of aliphatic hydroxyl groups excluding tert-OH is 1. The summed E-state index contributed by atoms with van der Waals surface area (Å²) in [6, 6.07) is 14.8. The summed E-state index contributed by atoms with van der Waals surface area (Å²) in [6.45, 7) is 5.32. The van der Waals surface area contributed by atoms with Crippen LogP contribution in [0.2, 0.25) is 0 Å². The molecule has 0 amide bonds. The summed E-state index contributed by atoms with van der Waals surface area (Å²) in [7, 11) is 0. The quantitative estimate of drug-likeness (QED) is 0.561. The maximum absolute atomic E-state index is 11.1. The number of carbonyl (C=O) groups is 1. The van der Waals surface area contributed by atoms with E-state index in [2.05, 4.69) is 34.1 Å². The van der Waals surface area contributed by atoms with E-state index in [1.165, 1.54) is 17.8 Å². The van der Waals surface area contributed by atoms with E-state index >= 15 is 0 Å². The average Bonchev–Trinajstić information content (AvgIpc) is 2.74. The Morgan fingerprint density at radius 1 is 0.966 bits per heavy atom. The van der Waals surface area contributed by atoms with Gasteiger partial charge in [0.1, 0.15) is 11.3 Å². The molecule has 1 unspecified atom stereocenters. The molecule has 2 aromatic carbocycles. The van der Waals surface area contributed by atoms with Gasteiger partial charge in [0, 0.05) is 31.9 Å². The predicted octanol–water partition coefficient (Wildman–Crippen LogP) is 3.51. The lowest BCUT2D eigenvalue weighted by molar-refractivity contribution is 0.0693. The number of aromatic carboxylic acids is 1. The van der Waals surface area contributed by atoms with Gasteiger partial charge in [-0.15, -0.1) is 0 Å². The maximum atomic E-state index is 11.1. The smallest absolute Gasteiger partial charge is 0.339 e. The van der Waals surface area contributed by atoms with Gasteiger partial charge < -0.3 is 20.2 Å². The van der Waals surface area contributed by atoms with Gasteiger partial charge in [0.05, 0.1) is 6.10 Å². The molecule has 3 N–H and O–H groups in total. The van der Waals surface area contributed by atoms with Crippen LogP contribution in [0.15, 0.2) is 48.5 Å². The van der Waals surface area contributed by atoms with E-state index in [9.17, 15) is 15.0 Å². The number of piperazine rings is 1. The molecule has 0 saturated carbocycles. The number of para-hydroxylation sites is 1. The monoisotopic (exact) mass is 398 g/mol. The summed E-state index contributed by atoms with van der Waals surface area (Å²) in [4.78, 5) is 16.0. The van der Waals surface area contributed by atoms with Crippen LogP contribution >= 0.6 is 0 Å².